The van der Waals surface area contributed by atoms with Crippen molar-refractivity contribution in [2.45, 2.75) is 19.2 Å². The maximum Gasteiger partial charge on any atom is 0.247 e. The zero-order chi connectivity index (χ0) is 28.3. The average molecular weight is 538 g/mol. The molecule has 0 radical (unpaired) electrons. The Hall–Kier alpha value is -5.31. The molecule has 204 valence electrons. The van der Waals surface area contributed by atoms with Gasteiger partial charge in [-0.2, -0.15) is 0 Å². The Morgan fingerprint density at radius 3 is 2.15 bits per heavy atom. The van der Waals surface area contributed by atoms with Gasteiger partial charge in [0.15, 0.2) is 17.6 Å². The third-order valence-corrected chi connectivity index (χ3v) is 6.03. The van der Waals surface area contributed by atoms with Gasteiger partial charge in [-0.15, -0.1) is 0 Å². The minimum Gasteiger partial charge on any atom is -0.528 e. The molecule has 0 bridgehead atoms. The molecule has 1 atom stereocenters. The Morgan fingerprint density at radius 1 is 0.875 bits per heavy atom. The van der Waals surface area contributed by atoms with Gasteiger partial charge in [-0.25, -0.2) is 4.99 Å². The van der Waals surface area contributed by atoms with Crippen LogP contribution in [0.25, 0.3) is 0 Å². The number of methoxy groups -OCH3 is 1. The van der Waals surface area contributed by atoms with Crippen molar-refractivity contribution in [1.29, 1.82) is 0 Å². The van der Waals surface area contributed by atoms with Crippen LogP contribution in [-0.2, 0) is 17.9 Å². The summed E-state index contributed by atoms with van der Waals surface area (Å²) >= 11 is 0. The van der Waals surface area contributed by atoms with Crippen molar-refractivity contribution >= 4 is 23.5 Å². The van der Waals surface area contributed by atoms with Gasteiger partial charge in [0.2, 0.25) is 5.91 Å². The number of rotatable bonds is 11. The number of benzene rings is 4. The summed E-state index contributed by atoms with van der Waals surface area (Å²) in [6.45, 7) is 0.717. The number of nitrogens with one attached hydrogen (secondary N) is 2. The molecular weight excluding hydrogens is 508 g/mol. The maximum absolute atomic E-state index is 13.5. The van der Waals surface area contributed by atoms with Gasteiger partial charge in [0, 0.05) is 17.8 Å². The molecule has 2 amide bonds. The molecule has 0 aliphatic heterocycles. The fourth-order valence-electron chi connectivity index (χ4n) is 3.97. The number of carbonyl (C=O) groups excluding carboxylic acids is 2. The highest BCUT2D eigenvalue weighted by Crippen LogP contribution is 2.32. The van der Waals surface area contributed by atoms with Crippen molar-refractivity contribution in [3.8, 4) is 11.5 Å². The Balaban J connectivity index is 1.57. The number of hydrogen-bond acceptors (Lipinski definition) is 6. The Morgan fingerprint density at radius 2 is 1.52 bits per heavy atom. The first kappa shape index (κ1) is 27.7. The molecule has 0 saturated heterocycles. The molecule has 0 heterocycles. The summed E-state index contributed by atoms with van der Waals surface area (Å²) in [5.74, 6) is 0.591. The molecule has 0 fully saturated rings. The van der Waals surface area contributed by atoms with E-state index < -0.39 is 12.1 Å². The fraction of sp³-hybridized carbons (Fsp3) is 0.129. The van der Waals surface area contributed by atoms with Gasteiger partial charge in [-0.3, -0.25) is 4.79 Å². The van der Waals surface area contributed by atoms with Crippen LogP contribution in [0.5, 0.6) is 11.5 Å². The van der Waals surface area contributed by atoms with Crippen LogP contribution < -0.4 is 30.9 Å². The molecule has 1 unspecified atom stereocenters. The van der Waals surface area contributed by atoms with Crippen LogP contribution in [0.15, 0.2) is 108 Å². The van der Waals surface area contributed by atoms with Crippen LogP contribution >= 0.6 is 0 Å². The van der Waals surface area contributed by atoms with Crippen molar-refractivity contribution in [3.05, 3.63) is 125 Å². The van der Waals surface area contributed by atoms with Gasteiger partial charge < -0.3 is 35.7 Å². The highest BCUT2D eigenvalue weighted by molar-refractivity contribution is 6.02. The van der Waals surface area contributed by atoms with Gasteiger partial charge in [0.25, 0.3) is 0 Å². The van der Waals surface area contributed by atoms with Crippen molar-refractivity contribution in [2.75, 3.05) is 12.4 Å². The lowest BCUT2D eigenvalue weighted by Crippen LogP contribution is -2.33. The summed E-state index contributed by atoms with van der Waals surface area (Å²) < 4.78 is 11.6. The Labute approximate surface area is 232 Å². The number of nitrogens with zero attached hydrogens (tertiary/aromatic N) is 1. The lowest BCUT2D eigenvalue weighted by Gasteiger charge is -2.22. The van der Waals surface area contributed by atoms with Gasteiger partial charge in [-0.05, 0) is 53.1 Å². The van der Waals surface area contributed by atoms with Gasteiger partial charge in [-0.1, -0.05) is 66.7 Å². The molecule has 4 rings (SSSR count). The second-order valence-electron chi connectivity index (χ2n) is 8.81. The largest absolute Gasteiger partial charge is 0.528 e. The zero-order valence-corrected chi connectivity index (χ0v) is 21.9. The van der Waals surface area contributed by atoms with Crippen LogP contribution in [0.4, 0.5) is 10.5 Å². The molecule has 0 aliphatic rings. The number of hydrogen-bond donors (Lipinski definition) is 3. The second kappa shape index (κ2) is 13.5. The fourth-order valence-corrected chi connectivity index (χ4v) is 3.97. The number of aliphatic imine (C=N–C) groups is 1. The summed E-state index contributed by atoms with van der Waals surface area (Å²) in [5.41, 5.74) is 9.34. The summed E-state index contributed by atoms with van der Waals surface area (Å²) in [6, 6.07) is 30.5. The number of carboxylic acid groups (broad SMARTS) is 1. The molecular formula is C31H29N4O5-. The topological polar surface area (TPSA) is 138 Å². The SMILES string of the molecule is COc1cc(C(Nc2ccc(/C(N)=N/C(=O)[O-])cc2)C(=O)NCc2ccccc2)ccc1OCc1ccccc1. The van der Waals surface area contributed by atoms with E-state index in [0.717, 1.165) is 11.1 Å². The summed E-state index contributed by atoms with van der Waals surface area (Å²) in [7, 11) is 1.55. The first-order valence-electron chi connectivity index (χ1n) is 12.5. The molecule has 4 N–H and O–H groups in total. The zero-order valence-electron chi connectivity index (χ0n) is 21.9. The van der Waals surface area contributed by atoms with E-state index in [2.05, 4.69) is 15.6 Å². The van der Waals surface area contributed by atoms with Gasteiger partial charge in [0.05, 0.1) is 7.11 Å². The predicted octanol–water partition coefficient (Wildman–Crippen LogP) is 3.79. The van der Waals surface area contributed by atoms with E-state index in [4.69, 9.17) is 15.2 Å². The lowest BCUT2D eigenvalue weighted by atomic mass is 10.0. The van der Waals surface area contributed by atoms with Crippen molar-refractivity contribution in [2.24, 2.45) is 10.7 Å². The molecule has 40 heavy (non-hydrogen) atoms. The number of amidine groups is 1. The molecule has 4 aromatic rings. The number of nitrogens with two attached hydrogens (primary N) is 1. The molecule has 9 heteroatoms. The second-order valence-corrected chi connectivity index (χ2v) is 8.81. The van der Waals surface area contributed by atoms with Gasteiger partial charge in [0.1, 0.15) is 18.5 Å². The molecule has 0 saturated carbocycles. The van der Waals surface area contributed by atoms with E-state index >= 15 is 0 Å². The first-order valence-corrected chi connectivity index (χ1v) is 12.5. The van der Waals surface area contributed by atoms with Crippen LogP contribution in [-0.4, -0.2) is 24.9 Å². The van der Waals surface area contributed by atoms with E-state index in [-0.39, 0.29) is 11.7 Å². The normalized spacial score (nSPS) is 11.8. The molecule has 0 aromatic heterocycles. The van der Waals surface area contributed by atoms with Crippen molar-refractivity contribution in [1.82, 2.24) is 5.32 Å². The number of ether oxygens (including phenoxy) is 2. The van der Waals surface area contributed by atoms with E-state index in [0.29, 0.717) is 41.5 Å². The standard InChI is InChI=1S/C31H30N4O5/c1-39-27-18-24(14-17-26(27)40-20-22-10-6-3-7-11-22)28(30(36)33-19-21-8-4-2-5-9-21)34-25-15-12-23(13-16-25)29(32)35-31(37)38/h2-18,28,34H,19-20H2,1H3,(H2,32,35)(H,33,36)(H,37,38)/p-1. The van der Waals surface area contributed by atoms with Crippen molar-refractivity contribution < 1.29 is 24.2 Å². The quantitative estimate of drug-likeness (QED) is 0.195. The van der Waals surface area contributed by atoms with E-state index in [9.17, 15) is 14.7 Å². The number of carbonyl (C=O) groups is 2. The number of amides is 2. The third kappa shape index (κ3) is 7.61. The van der Waals surface area contributed by atoms with E-state index in [1.165, 1.54) is 0 Å². The van der Waals surface area contributed by atoms with E-state index in [1.54, 1.807) is 43.5 Å². The lowest BCUT2D eigenvalue weighted by molar-refractivity contribution is -0.245. The molecule has 4 aromatic carbocycles. The minimum atomic E-state index is -1.63. The third-order valence-electron chi connectivity index (χ3n) is 6.03. The van der Waals surface area contributed by atoms with Crippen LogP contribution in [0.2, 0.25) is 0 Å². The first-order chi connectivity index (χ1) is 19.4. The molecule has 0 spiro atoms. The van der Waals surface area contributed by atoms with Crippen LogP contribution in [0, 0.1) is 0 Å². The molecule has 0 aliphatic carbocycles. The Bertz CT molecular complexity index is 1460. The average Bonchev–Trinajstić information content (AvgIpc) is 2.98. The summed E-state index contributed by atoms with van der Waals surface area (Å²) in [4.78, 5) is 27.4. The number of anilines is 1. The van der Waals surface area contributed by atoms with Crippen LogP contribution in [0.3, 0.4) is 0 Å². The highest BCUT2D eigenvalue weighted by atomic mass is 16.5. The smallest absolute Gasteiger partial charge is 0.247 e. The minimum absolute atomic E-state index is 0.181. The summed E-state index contributed by atoms with van der Waals surface area (Å²) in [5, 5.41) is 17.0. The van der Waals surface area contributed by atoms with Gasteiger partial charge >= 0.3 is 0 Å². The monoisotopic (exact) mass is 537 g/mol. The maximum atomic E-state index is 13.5. The van der Waals surface area contributed by atoms with Crippen molar-refractivity contribution in [3.63, 3.8) is 0 Å². The molecule has 9 nitrogen and oxygen atoms in total. The van der Waals surface area contributed by atoms with Crippen LogP contribution in [0.1, 0.15) is 28.3 Å². The van der Waals surface area contributed by atoms with E-state index in [1.807, 2.05) is 66.7 Å². The highest BCUT2D eigenvalue weighted by Gasteiger charge is 2.22. The Kier molecular flexibility index (Phi) is 9.34. The summed E-state index contributed by atoms with van der Waals surface area (Å²) in [6.07, 6.45) is -1.63. The predicted molar refractivity (Wildman–Crippen MR) is 151 cm³/mol.